The smallest absolute Gasteiger partial charge is 0.174 e. The molecule has 0 aliphatic heterocycles. The average molecular weight is 300 g/mol. The molecule has 0 N–H and O–H groups in total. The maximum absolute atomic E-state index is 13.4. The molecule has 4 rings (SSSR count). The van der Waals surface area contributed by atoms with Crippen LogP contribution in [0.3, 0.4) is 0 Å². The molecule has 0 saturated heterocycles. The molecule has 3 aromatic carbocycles. The van der Waals surface area contributed by atoms with Crippen LogP contribution in [0.2, 0.25) is 0 Å². The summed E-state index contributed by atoms with van der Waals surface area (Å²) in [4.78, 5) is 13.4. The number of fused-ring (bicyclic) bond motifs is 2. The Balaban J connectivity index is 2.02. The second-order valence-corrected chi connectivity index (χ2v) is 6.82. The Kier molecular flexibility index (Phi) is 3.12. The van der Waals surface area contributed by atoms with Gasteiger partial charge in [0.1, 0.15) is 0 Å². The zero-order valence-electron chi connectivity index (χ0n) is 13.5. The lowest BCUT2D eigenvalue weighted by Gasteiger charge is -2.33. The number of carbonyl (C=O) groups excluding carboxylic acids is 1. The van der Waals surface area contributed by atoms with Crippen molar-refractivity contribution in [2.45, 2.75) is 25.7 Å². The summed E-state index contributed by atoms with van der Waals surface area (Å²) in [5.74, 6) is 0.521. The van der Waals surface area contributed by atoms with Gasteiger partial charge in [-0.2, -0.15) is 0 Å². The molecule has 0 amide bonds. The zero-order valence-corrected chi connectivity index (χ0v) is 13.5. The second kappa shape index (κ2) is 5.06. The number of rotatable bonds is 2. The van der Waals surface area contributed by atoms with E-state index in [1.54, 1.807) is 0 Å². The van der Waals surface area contributed by atoms with Crippen LogP contribution in [-0.2, 0) is 11.8 Å². The monoisotopic (exact) mass is 300 g/mol. The molecule has 0 spiro atoms. The maximum atomic E-state index is 13.4. The molecule has 1 aliphatic carbocycles. The highest BCUT2D eigenvalue weighted by Crippen LogP contribution is 2.46. The van der Waals surface area contributed by atoms with Crippen LogP contribution in [0.25, 0.3) is 10.8 Å². The number of benzene rings is 3. The zero-order chi connectivity index (χ0) is 16.0. The minimum Gasteiger partial charge on any atom is -0.293 e. The van der Waals surface area contributed by atoms with Crippen LogP contribution in [0.15, 0.2) is 66.7 Å². The van der Waals surface area contributed by atoms with E-state index < -0.39 is 5.41 Å². The molecular weight excluding hydrogens is 280 g/mol. The van der Waals surface area contributed by atoms with E-state index in [1.165, 1.54) is 21.9 Å². The van der Waals surface area contributed by atoms with E-state index in [0.29, 0.717) is 0 Å². The molecule has 1 aliphatic rings. The van der Waals surface area contributed by atoms with Crippen LogP contribution in [0, 0.1) is 5.92 Å². The largest absolute Gasteiger partial charge is 0.293 e. The van der Waals surface area contributed by atoms with Gasteiger partial charge in [-0.15, -0.1) is 0 Å². The fraction of sp³-hybridized carbons (Fsp3) is 0.227. The van der Waals surface area contributed by atoms with Crippen LogP contribution >= 0.6 is 0 Å². The molecule has 23 heavy (non-hydrogen) atoms. The molecule has 0 fully saturated rings. The van der Waals surface area contributed by atoms with Crippen molar-refractivity contribution in [1.82, 2.24) is 0 Å². The van der Waals surface area contributed by atoms with E-state index in [4.69, 9.17) is 0 Å². The third-order valence-electron chi connectivity index (χ3n) is 5.39. The summed E-state index contributed by atoms with van der Waals surface area (Å²) in [6.45, 7) is 4.34. The van der Waals surface area contributed by atoms with Crippen molar-refractivity contribution in [3.63, 3.8) is 0 Å². The van der Waals surface area contributed by atoms with Crippen molar-refractivity contribution in [2.24, 2.45) is 5.92 Å². The summed E-state index contributed by atoms with van der Waals surface area (Å²) in [7, 11) is 0. The molecule has 1 heteroatoms. The van der Waals surface area contributed by atoms with E-state index in [1.807, 2.05) is 18.2 Å². The molecule has 0 aromatic heterocycles. The summed E-state index contributed by atoms with van der Waals surface area (Å²) < 4.78 is 0. The lowest BCUT2D eigenvalue weighted by atomic mass is 9.67. The van der Waals surface area contributed by atoms with Crippen molar-refractivity contribution < 1.29 is 4.79 Å². The van der Waals surface area contributed by atoms with Gasteiger partial charge in [0, 0.05) is 5.56 Å². The molecule has 0 bridgehead atoms. The van der Waals surface area contributed by atoms with Crippen molar-refractivity contribution in [1.29, 1.82) is 0 Å². The normalized spacial score (nSPS) is 20.2. The number of carbonyl (C=O) groups is 1. The Morgan fingerprint density at radius 2 is 1.57 bits per heavy atom. The van der Waals surface area contributed by atoms with E-state index >= 15 is 0 Å². The summed E-state index contributed by atoms with van der Waals surface area (Å²) in [5, 5.41) is 2.40. The third kappa shape index (κ3) is 1.89. The standard InChI is InChI=1S/C22H20O/c1-15(2)22(14-17-9-4-6-12-19(17)21(22)23)20-13-7-10-16-8-3-5-11-18(16)20/h3-13,15H,14H2,1-2H3. The molecule has 114 valence electrons. The van der Waals surface area contributed by atoms with E-state index in [2.05, 4.69) is 62.4 Å². The molecule has 1 unspecified atom stereocenters. The second-order valence-electron chi connectivity index (χ2n) is 6.82. The van der Waals surface area contributed by atoms with E-state index in [0.717, 1.165) is 12.0 Å². The van der Waals surface area contributed by atoms with Crippen molar-refractivity contribution in [2.75, 3.05) is 0 Å². The van der Waals surface area contributed by atoms with Crippen LogP contribution in [-0.4, -0.2) is 5.78 Å². The first-order valence-electron chi connectivity index (χ1n) is 8.25. The summed E-state index contributed by atoms with van der Waals surface area (Å²) in [6, 6.07) is 22.8. The highest BCUT2D eigenvalue weighted by molar-refractivity contribution is 6.10. The van der Waals surface area contributed by atoms with Crippen molar-refractivity contribution in [3.8, 4) is 0 Å². The Morgan fingerprint density at radius 3 is 2.35 bits per heavy atom. The van der Waals surface area contributed by atoms with Crippen LogP contribution in [0.4, 0.5) is 0 Å². The Morgan fingerprint density at radius 1 is 0.870 bits per heavy atom. The highest BCUT2D eigenvalue weighted by Gasteiger charge is 2.49. The fourth-order valence-corrected chi connectivity index (χ4v) is 4.13. The van der Waals surface area contributed by atoms with Gasteiger partial charge in [0.05, 0.1) is 5.41 Å². The van der Waals surface area contributed by atoms with Gasteiger partial charge in [0.2, 0.25) is 0 Å². The number of hydrogen-bond donors (Lipinski definition) is 0. The minimum atomic E-state index is -0.454. The Labute approximate surface area is 137 Å². The van der Waals surface area contributed by atoms with E-state index in [-0.39, 0.29) is 11.7 Å². The first-order valence-corrected chi connectivity index (χ1v) is 8.25. The van der Waals surface area contributed by atoms with Crippen LogP contribution in [0.1, 0.15) is 35.3 Å². The maximum Gasteiger partial charge on any atom is 0.174 e. The number of Topliss-reactive ketones (excluding diaryl/α,β-unsaturated/α-hetero) is 1. The summed E-state index contributed by atoms with van der Waals surface area (Å²) >= 11 is 0. The third-order valence-corrected chi connectivity index (χ3v) is 5.39. The highest BCUT2D eigenvalue weighted by atomic mass is 16.1. The first kappa shape index (κ1) is 14.2. The Bertz CT molecular complexity index is 901. The van der Waals surface area contributed by atoms with Crippen LogP contribution in [0.5, 0.6) is 0 Å². The first-order chi connectivity index (χ1) is 11.1. The lowest BCUT2D eigenvalue weighted by Crippen LogP contribution is -2.39. The number of hydrogen-bond acceptors (Lipinski definition) is 1. The summed E-state index contributed by atoms with van der Waals surface area (Å²) in [6.07, 6.45) is 0.799. The van der Waals surface area contributed by atoms with Crippen molar-refractivity contribution >= 4 is 16.6 Å². The van der Waals surface area contributed by atoms with Gasteiger partial charge in [-0.3, -0.25) is 4.79 Å². The molecule has 1 atom stereocenters. The van der Waals surface area contributed by atoms with Gasteiger partial charge >= 0.3 is 0 Å². The predicted octanol–water partition coefficient (Wildman–Crippen LogP) is 5.17. The molecule has 1 nitrogen and oxygen atoms in total. The van der Waals surface area contributed by atoms with Gasteiger partial charge in [0.15, 0.2) is 5.78 Å². The van der Waals surface area contributed by atoms with Gasteiger partial charge in [-0.25, -0.2) is 0 Å². The molecule has 0 saturated carbocycles. The SMILES string of the molecule is CC(C)C1(c2cccc3ccccc23)Cc2ccccc2C1=O. The van der Waals surface area contributed by atoms with Crippen molar-refractivity contribution in [3.05, 3.63) is 83.4 Å². The quantitative estimate of drug-likeness (QED) is 0.638. The van der Waals surface area contributed by atoms with Gasteiger partial charge < -0.3 is 0 Å². The fourth-order valence-electron chi connectivity index (χ4n) is 4.13. The van der Waals surface area contributed by atoms with Crippen LogP contribution < -0.4 is 0 Å². The summed E-state index contributed by atoms with van der Waals surface area (Å²) in [5.41, 5.74) is 2.80. The topological polar surface area (TPSA) is 17.1 Å². The number of ketones is 1. The van der Waals surface area contributed by atoms with Gasteiger partial charge in [0.25, 0.3) is 0 Å². The average Bonchev–Trinajstić information content (AvgIpc) is 2.89. The minimum absolute atomic E-state index is 0.244. The van der Waals surface area contributed by atoms with Gasteiger partial charge in [-0.05, 0) is 34.2 Å². The molecular formula is C22H20O. The molecule has 0 radical (unpaired) electrons. The Hall–Kier alpha value is -2.41. The van der Waals surface area contributed by atoms with Gasteiger partial charge in [-0.1, -0.05) is 80.6 Å². The van der Waals surface area contributed by atoms with E-state index in [9.17, 15) is 4.79 Å². The molecule has 3 aromatic rings. The molecule has 0 heterocycles. The predicted molar refractivity (Wildman–Crippen MR) is 94.9 cm³/mol. The lowest BCUT2D eigenvalue weighted by molar-refractivity contribution is 0.0860.